The van der Waals surface area contributed by atoms with Crippen molar-refractivity contribution in [3.05, 3.63) is 22.9 Å². The van der Waals surface area contributed by atoms with E-state index in [1.165, 1.54) is 0 Å². The average Bonchev–Trinajstić information content (AvgIpc) is 2.24. The minimum atomic E-state index is -0.262. The lowest BCUT2D eigenvalue weighted by atomic mass is 10.1. The van der Waals surface area contributed by atoms with Crippen LogP contribution in [0.25, 0.3) is 0 Å². The van der Waals surface area contributed by atoms with E-state index < -0.39 is 0 Å². The summed E-state index contributed by atoms with van der Waals surface area (Å²) in [7, 11) is 0. The second kappa shape index (κ2) is 6.30. The third-order valence-electron chi connectivity index (χ3n) is 2.81. The number of aromatic nitrogens is 1. The summed E-state index contributed by atoms with van der Waals surface area (Å²) < 4.78 is 5.66. The van der Waals surface area contributed by atoms with Crippen LogP contribution in [0, 0.1) is 13.8 Å². The normalized spacial score (nSPS) is 11.4. The fourth-order valence-electron chi connectivity index (χ4n) is 2.01. The van der Waals surface area contributed by atoms with Crippen molar-refractivity contribution in [1.29, 1.82) is 0 Å². The highest BCUT2D eigenvalue weighted by Gasteiger charge is 2.19. The lowest BCUT2D eigenvalue weighted by Gasteiger charge is -2.26. The summed E-state index contributed by atoms with van der Waals surface area (Å²) in [6.45, 7) is 11.3. The van der Waals surface area contributed by atoms with Gasteiger partial charge in [0.15, 0.2) is 0 Å². The molecule has 0 atom stereocenters. The van der Waals surface area contributed by atoms with E-state index in [1.54, 1.807) is 0 Å². The molecular weight excluding hydrogens is 258 g/mol. The number of nitrogens with two attached hydrogens (primary N) is 1. The molecular formula is C14H23N3OS. The van der Waals surface area contributed by atoms with Gasteiger partial charge in [-0.15, -0.1) is 0 Å². The molecule has 0 spiro atoms. The Bertz CT molecular complexity index is 472. The lowest BCUT2D eigenvalue weighted by molar-refractivity contribution is 0.000637. The van der Waals surface area contributed by atoms with Gasteiger partial charge in [-0.3, -0.25) is 0 Å². The Morgan fingerprint density at radius 2 is 2.11 bits per heavy atom. The molecule has 0 bridgehead atoms. The molecule has 19 heavy (non-hydrogen) atoms. The fraction of sp³-hybridized carbons (Fsp3) is 0.571. The number of aryl methyl sites for hydroxylation is 2. The zero-order chi connectivity index (χ0) is 14.6. The number of hydrogen-bond acceptors (Lipinski definition) is 4. The smallest absolute Gasteiger partial charge is 0.136 e. The van der Waals surface area contributed by atoms with Gasteiger partial charge in [-0.05, 0) is 46.2 Å². The quantitative estimate of drug-likeness (QED) is 0.785. The van der Waals surface area contributed by atoms with Gasteiger partial charge in [0.1, 0.15) is 10.8 Å². The van der Waals surface area contributed by atoms with Gasteiger partial charge in [-0.25, -0.2) is 4.98 Å². The number of anilines is 1. The maximum atomic E-state index is 5.78. The summed E-state index contributed by atoms with van der Waals surface area (Å²) in [5.41, 5.74) is 8.31. The van der Waals surface area contributed by atoms with Crippen molar-refractivity contribution in [3.63, 3.8) is 0 Å². The van der Waals surface area contributed by atoms with Crippen LogP contribution in [0.3, 0.4) is 0 Å². The largest absolute Gasteiger partial charge is 0.389 e. The standard InChI is InChI=1S/C14H23N3OS/c1-6-18-14(4,5)8-16-13-11(12(15)19)9(2)7-10(3)17-13/h7H,6,8H2,1-5H3,(H2,15,19)(H,16,17). The summed E-state index contributed by atoms with van der Waals surface area (Å²) in [6.07, 6.45) is 0. The van der Waals surface area contributed by atoms with Gasteiger partial charge in [0, 0.05) is 18.8 Å². The summed E-state index contributed by atoms with van der Waals surface area (Å²) in [5.74, 6) is 0.734. The van der Waals surface area contributed by atoms with Crippen LogP contribution in [-0.4, -0.2) is 28.7 Å². The molecule has 3 N–H and O–H groups in total. The summed E-state index contributed by atoms with van der Waals surface area (Å²) in [4.78, 5) is 4.85. The molecule has 0 unspecified atom stereocenters. The number of pyridine rings is 1. The van der Waals surface area contributed by atoms with E-state index in [0.717, 1.165) is 22.6 Å². The van der Waals surface area contributed by atoms with Crippen molar-refractivity contribution < 1.29 is 4.74 Å². The van der Waals surface area contributed by atoms with Crippen LogP contribution < -0.4 is 11.1 Å². The van der Waals surface area contributed by atoms with E-state index in [2.05, 4.69) is 10.3 Å². The van der Waals surface area contributed by atoms with Crippen LogP contribution in [0.4, 0.5) is 5.82 Å². The van der Waals surface area contributed by atoms with E-state index in [1.807, 2.05) is 40.7 Å². The number of hydrogen-bond donors (Lipinski definition) is 2. The molecule has 1 heterocycles. The van der Waals surface area contributed by atoms with Gasteiger partial charge in [0.05, 0.1) is 11.2 Å². The van der Waals surface area contributed by atoms with Crippen LogP contribution in [0.1, 0.15) is 37.6 Å². The van der Waals surface area contributed by atoms with Crippen molar-refractivity contribution in [3.8, 4) is 0 Å². The van der Waals surface area contributed by atoms with Gasteiger partial charge in [-0.2, -0.15) is 0 Å². The Morgan fingerprint density at radius 3 is 2.63 bits per heavy atom. The van der Waals surface area contributed by atoms with Crippen molar-refractivity contribution >= 4 is 23.0 Å². The van der Waals surface area contributed by atoms with E-state index in [4.69, 9.17) is 22.7 Å². The minimum absolute atomic E-state index is 0.262. The molecule has 0 saturated heterocycles. The SMILES string of the molecule is CCOC(C)(C)CNc1nc(C)cc(C)c1C(N)=S. The Balaban J connectivity index is 2.97. The Kier molecular flexibility index (Phi) is 5.26. The van der Waals surface area contributed by atoms with E-state index in [0.29, 0.717) is 18.1 Å². The number of nitrogens with zero attached hydrogens (tertiary/aromatic N) is 1. The zero-order valence-corrected chi connectivity index (χ0v) is 13.1. The van der Waals surface area contributed by atoms with Gasteiger partial charge >= 0.3 is 0 Å². The molecule has 0 radical (unpaired) electrons. The molecule has 0 aliphatic rings. The maximum Gasteiger partial charge on any atom is 0.136 e. The molecule has 1 rings (SSSR count). The highest BCUT2D eigenvalue weighted by Crippen LogP contribution is 2.20. The number of rotatable bonds is 6. The molecule has 0 fully saturated rings. The lowest BCUT2D eigenvalue weighted by Crippen LogP contribution is -2.34. The molecule has 0 saturated carbocycles. The first kappa shape index (κ1) is 15.9. The second-order valence-corrected chi connectivity index (χ2v) is 5.65. The molecule has 0 aromatic carbocycles. The summed E-state index contributed by atoms with van der Waals surface area (Å²) in [6, 6.07) is 1.98. The van der Waals surface area contributed by atoms with E-state index in [-0.39, 0.29) is 5.60 Å². The van der Waals surface area contributed by atoms with E-state index >= 15 is 0 Å². The van der Waals surface area contributed by atoms with Gasteiger partial charge in [0.25, 0.3) is 0 Å². The fourth-order valence-corrected chi connectivity index (χ4v) is 2.27. The Hall–Kier alpha value is -1.20. The number of nitrogens with one attached hydrogen (secondary N) is 1. The van der Waals surface area contributed by atoms with Crippen molar-refractivity contribution in [1.82, 2.24) is 4.98 Å². The Morgan fingerprint density at radius 1 is 1.47 bits per heavy atom. The molecule has 1 aromatic rings. The summed E-state index contributed by atoms with van der Waals surface area (Å²) >= 11 is 5.11. The van der Waals surface area contributed by atoms with Crippen LogP contribution >= 0.6 is 12.2 Å². The Labute approximate surface area is 120 Å². The second-order valence-electron chi connectivity index (χ2n) is 5.21. The predicted molar refractivity (Wildman–Crippen MR) is 83.8 cm³/mol. The molecule has 0 aliphatic heterocycles. The molecule has 0 aliphatic carbocycles. The average molecular weight is 281 g/mol. The van der Waals surface area contributed by atoms with Crippen LogP contribution in [-0.2, 0) is 4.74 Å². The van der Waals surface area contributed by atoms with Gasteiger partial charge < -0.3 is 15.8 Å². The predicted octanol–water partition coefficient (Wildman–Crippen LogP) is 2.56. The summed E-state index contributed by atoms with van der Waals surface area (Å²) in [5, 5.41) is 3.30. The van der Waals surface area contributed by atoms with Crippen molar-refractivity contribution in [2.75, 3.05) is 18.5 Å². The first-order chi connectivity index (χ1) is 8.76. The topological polar surface area (TPSA) is 60.2 Å². The van der Waals surface area contributed by atoms with Crippen molar-refractivity contribution in [2.24, 2.45) is 5.73 Å². The minimum Gasteiger partial charge on any atom is -0.389 e. The first-order valence-corrected chi connectivity index (χ1v) is 6.83. The van der Waals surface area contributed by atoms with E-state index in [9.17, 15) is 0 Å². The van der Waals surface area contributed by atoms with Gasteiger partial charge in [-0.1, -0.05) is 12.2 Å². The molecule has 106 valence electrons. The van der Waals surface area contributed by atoms with Gasteiger partial charge in [0.2, 0.25) is 0 Å². The number of ether oxygens (including phenoxy) is 1. The molecule has 5 heteroatoms. The monoisotopic (exact) mass is 281 g/mol. The van der Waals surface area contributed by atoms with Crippen LogP contribution in [0.2, 0.25) is 0 Å². The number of thiocarbonyl (C=S) groups is 1. The third-order valence-corrected chi connectivity index (χ3v) is 3.01. The van der Waals surface area contributed by atoms with Crippen LogP contribution in [0.5, 0.6) is 0 Å². The van der Waals surface area contributed by atoms with Crippen molar-refractivity contribution in [2.45, 2.75) is 40.2 Å². The molecule has 4 nitrogen and oxygen atoms in total. The van der Waals surface area contributed by atoms with Crippen LogP contribution in [0.15, 0.2) is 6.07 Å². The third kappa shape index (κ3) is 4.44. The first-order valence-electron chi connectivity index (χ1n) is 6.42. The zero-order valence-electron chi connectivity index (χ0n) is 12.3. The molecule has 1 aromatic heterocycles. The highest BCUT2D eigenvalue weighted by molar-refractivity contribution is 7.80. The maximum absolute atomic E-state index is 5.78. The molecule has 0 amide bonds. The highest BCUT2D eigenvalue weighted by atomic mass is 32.1.